The van der Waals surface area contributed by atoms with Gasteiger partial charge in [-0.05, 0) is 50.3 Å². The quantitative estimate of drug-likeness (QED) is 0.504. The summed E-state index contributed by atoms with van der Waals surface area (Å²) < 4.78 is 41.9. The molecule has 1 aliphatic carbocycles. The Morgan fingerprint density at radius 3 is 2.61 bits per heavy atom. The average molecular weight is 507 g/mol. The molecule has 1 aromatic heterocycles. The molecule has 9 nitrogen and oxygen atoms in total. The van der Waals surface area contributed by atoms with Crippen molar-refractivity contribution in [1.29, 1.82) is 0 Å². The van der Waals surface area contributed by atoms with Gasteiger partial charge < -0.3 is 29.8 Å². The molecule has 0 radical (unpaired) electrons. The molecule has 0 spiro atoms. The third kappa shape index (κ3) is 6.13. The number of hydrogen-bond acceptors (Lipinski definition) is 7. The van der Waals surface area contributed by atoms with E-state index in [9.17, 15) is 18.4 Å². The van der Waals surface area contributed by atoms with Gasteiger partial charge in [-0.1, -0.05) is 13.8 Å². The Hall–Kier alpha value is -3.21. The summed E-state index contributed by atoms with van der Waals surface area (Å²) in [5.74, 6) is 0.251. The number of nitrogens with one attached hydrogen (secondary N) is 1. The van der Waals surface area contributed by atoms with Crippen molar-refractivity contribution in [2.45, 2.75) is 58.7 Å². The zero-order valence-corrected chi connectivity index (χ0v) is 20.6. The standard InChI is InChI=1S/C25H32F2N4O5/c1-13(2)22(32)29-17-8-9-31(11-17)24(33)20-21(14(3)28)36-23(30-20)16-6-7-18(35-25(26)27)19(10-16)34-12-15-4-5-15/h6-7,10,13-15,17,25H,4-5,8-9,11-12,28H2,1-3H3,(H,29,32)/t14-,17+/m0/s1. The highest BCUT2D eigenvalue weighted by Crippen LogP contribution is 2.37. The number of amides is 2. The highest BCUT2D eigenvalue weighted by atomic mass is 19.3. The number of carbonyl (C=O) groups is 2. The number of oxazole rings is 1. The summed E-state index contributed by atoms with van der Waals surface area (Å²) in [6, 6.07) is 3.64. The van der Waals surface area contributed by atoms with Crippen LogP contribution in [0.15, 0.2) is 22.6 Å². The minimum atomic E-state index is -3.00. The van der Waals surface area contributed by atoms with Crippen LogP contribution < -0.4 is 20.5 Å². The predicted molar refractivity (Wildman–Crippen MR) is 127 cm³/mol. The molecule has 11 heteroatoms. The molecule has 0 unspecified atom stereocenters. The molecule has 36 heavy (non-hydrogen) atoms. The van der Waals surface area contributed by atoms with Gasteiger partial charge in [0.15, 0.2) is 23.0 Å². The number of likely N-dealkylation sites (tertiary alicyclic amines) is 1. The molecule has 2 amide bonds. The molecule has 196 valence electrons. The molecule has 1 saturated carbocycles. The van der Waals surface area contributed by atoms with E-state index in [1.165, 1.54) is 18.2 Å². The van der Waals surface area contributed by atoms with Gasteiger partial charge in [0.2, 0.25) is 11.8 Å². The molecule has 2 atom stereocenters. The van der Waals surface area contributed by atoms with Crippen molar-refractivity contribution >= 4 is 11.8 Å². The lowest BCUT2D eigenvalue weighted by atomic mass is 10.2. The largest absolute Gasteiger partial charge is 0.489 e. The Labute approximate surface area is 208 Å². The first-order valence-electron chi connectivity index (χ1n) is 12.2. The van der Waals surface area contributed by atoms with Crippen LogP contribution in [-0.2, 0) is 4.79 Å². The van der Waals surface area contributed by atoms with Gasteiger partial charge in [-0.2, -0.15) is 8.78 Å². The smallest absolute Gasteiger partial charge is 0.387 e. The fourth-order valence-corrected chi connectivity index (χ4v) is 3.94. The summed E-state index contributed by atoms with van der Waals surface area (Å²) in [5.41, 5.74) is 6.60. The molecule has 2 aliphatic rings. The van der Waals surface area contributed by atoms with Gasteiger partial charge in [0.05, 0.1) is 12.6 Å². The zero-order valence-electron chi connectivity index (χ0n) is 20.6. The SMILES string of the molecule is CC(C)C(=O)N[C@@H]1CCN(C(=O)c2nc(-c3ccc(OC(F)F)c(OCC4CC4)c3)oc2[C@H](C)N)C1. The second kappa shape index (κ2) is 10.8. The third-order valence-corrected chi connectivity index (χ3v) is 6.19. The Kier molecular flexibility index (Phi) is 7.77. The van der Waals surface area contributed by atoms with Crippen molar-refractivity contribution in [1.82, 2.24) is 15.2 Å². The second-order valence-electron chi connectivity index (χ2n) is 9.72. The molecule has 3 N–H and O–H groups in total. The average Bonchev–Trinajstić information content (AvgIpc) is 3.35. The van der Waals surface area contributed by atoms with Crippen molar-refractivity contribution in [2.75, 3.05) is 19.7 Å². The van der Waals surface area contributed by atoms with Crippen molar-refractivity contribution in [3.05, 3.63) is 29.7 Å². The summed E-state index contributed by atoms with van der Waals surface area (Å²) in [7, 11) is 0. The van der Waals surface area contributed by atoms with E-state index in [0.717, 1.165) is 12.8 Å². The summed E-state index contributed by atoms with van der Waals surface area (Å²) in [5, 5.41) is 2.95. The number of aromatic nitrogens is 1. The van der Waals surface area contributed by atoms with E-state index in [2.05, 4.69) is 15.0 Å². The van der Waals surface area contributed by atoms with Crippen LogP contribution in [0.25, 0.3) is 11.5 Å². The number of benzene rings is 1. The number of ether oxygens (including phenoxy) is 2. The third-order valence-electron chi connectivity index (χ3n) is 6.19. The van der Waals surface area contributed by atoms with Gasteiger partial charge in [-0.3, -0.25) is 9.59 Å². The number of halogens is 2. The maximum Gasteiger partial charge on any atom is 0.387 e. The molecule has 1 aromatic carbocycles. The van der Waals surface area contributed by atoms with E-state index in [1.54, 1.807) is 11.8 Å². The molecule has 4 rings (SSSR count). The molecule has 2 heterocycles. The fraction of sp³-hybridized carbons (Fsp3) is 0.560. The Morgan fingerprint density at radius 2 is 1.97 bits per heavy atom. The maximum atomic E-state index is 13.3. The molecule has 2 aromatic rings. The lowest BCUT2D eigenvalue weighted by molar-refractivity contribution is -0.124. The van der Waals surface area contributed by atoms with Gasteiger partial charge in [-0.15, -0.1) is 0 Å². The number of hydrogen-bond donors (Lipinski definition) is 2. The van der Waals surface area contributed by atoms with Crippen LogP contribution in [0.4, 0.5) is 8.78 Å². The van der Waals surface area contributed by atoms with Crippen LogP contribution in [0.2, 0.25) is 0 Å². The monoisotopic (exact) mass is 506 g/mol. The Bertz CT molecular complexity index is 1100. The Morgan fingerprint density at radius 1 is 1.22 bits per heavy atom. The lowest BCUT2D eigenvalue weighted by Gasteiger charge is -2.17. The lowest BCUT2D eigenvalue weighted by Crippen LogP contribution is -2.40. The van der Waals surface area contributed by atoms with Crippen LogP contribution in [0.1, 0.15) is 62.3 Å². The predicted octanol–water partition coefficient (Wildman–Crippen LogP) is 3.74. The molecule has 1 aliphatic heterocycles. The van der Waals surface area contributed by atoms with Crippen LogP contribution >= 0.6 is 0 Å². The van der Waals surface area contributed by atoms with Gasteiger partial charge in [0, 0.05) is 30.6 Å². The molecule has 2 fully saturated rings. The number of nitrogens with zero attached hydrogens (tertiary/aromatic N) is 2. The van der Waals surface area contributed by atoms with Crippen molar-refractivity contribution < 1.29 is 32.3 Å². The number of nitrogens with two attached hydrogens (primary N) is 1. The van der Waals surface area contributed by atoms with Gasteiger partial charge in [-0.25, -0.2) is 4.98 Å². The van der Waals surface area contributed by atoms with Gasteiger partial charge in [0.1, 0.15) is 0 Å². The summed E-state index contributed by atoms with van der Waals surface area (Å²) in [6.45, 7) is 3.52. The van der Waals surface area contributed by atoms with E-state index in [4.69, 9.17) is 14.9 Å². The van der Waals surface area contributed by atoms with Crippen LogP contribution in [0.3, 0.4) is 0 Å². The van der Waals surface area contributed by atoms with Crippen molar-refractivity contribution in [3.8, 4) is 23.0 Å². The van der Waals surface area contributed by atoms with Gasteiger partial charge in [0.25, 0.3) is 5.91 Å². The molecular weight excluding hydrogens is 474 g/mol. The topological polar surface area (TPSA) is 120 Å². The number of rotatable bonds is 10. The van der Waals surface area contributed by atoms with E-state index < -0.39 is 12.7 Å². The normalized spacial score (nSPS) is 18.6. The van der Waals surface area contributed by atoms with E-state index in [-0.39, 0.29) is 52.6 Å². The maximum absolute atomic E-state index is 13.3. The molecule has 1 saturated heterocycles. The first-order chi connectivity index (χ1) is 17.1. The summed E-state index contributed by atoms with van der Waals surface area (Å²) >= 11 is 0. The van der Waals surface area contributed by atoms with Crippen LogP contribution in [0.5, 0.6) is 11.5 Å². The summed E-state index contributed by atoms with van der Waals surface area (Å²) in [4.78, 5) is 31.4. The van der Waals surface area contributed by atoms with Crippen molar-refractivity contribution in [2.24, 2.45) is 17.6 Å². The second-order valence-corrected chi connectivity index (χ2v) is 9.72. The number of alkyl halides is 2. The van der Waals surface area contributed by atoms with Crippen molar-refractivity contribution in [3.63, 3.8) is 0 Å². The summed E-state index contributed by atoms with van der Waals surface area (Å²) in [6.07, 6.45) is 2.70. The van der Waals surface area contributed by atoms with E-state index in [0.29, 0.717) is 37.6 Å². The van der Waals surface area contributed by atoms with E-state index >= 15 is 0 Å². The number of carbonyl (C=O) groups excluding carboxylic acids is 2. The minimum Gasteiger partial charge on any atom is -0.489 e. The minimum absolute atomic E-state index is 0.0618. The molecule has 0 bridgehead atoms. The van der Waals surface area contributed by atoms with Crippen LogP contribution in [0, 0.1) is 11.8 Å². The highest BCUT2D eigenvalue weighted by molar-refractivity contribution is 5.94. The van der Waals surface area contributed by atoms with E-state index in [1.807, 2.05) is 13.8 Å². The highest BCUT2D eigenvalue weighted by Gasteiger charge is 2.33. The zero-order chi connectivity index (χ0) is 26.0. The first-order valence-corrected chi connectivity index (χ1v) is 12.2. The first kappa shape index (κ1) is 25.9. The van der Waals surface area contributed by atoms with Gasteiger partial charge >= 0.3 is 6.61 Å². The molecular formula is C25H32F2N4O5. The van der Waals surface area contributed by atoms with Crippen LogP contribution in [-0.4, -0.2) is 54.0 Å². The Balaban J connectivity index is 1.56. The fourth-order valence-electron chi connectivity index (χ4n) is 3.94.